The van der Waals surface area contributed by atoms with Gasteiger partial charge in [0.25, 0.3) is 5.91 Å². The molecule has 2 heterocycles. The second-order valence-corrected chi connectivity index (χ2v) is 9.13. The van der Waals surface area contributed by atoms with Gasteiger partial charge in [0, 0.05) is 19.6 Å². The number of likely N-dealkylation sites (tertiary alicyclic amines) is 1. The maximum atomic E-state index is 14.5. The molecule has 1 amide bonds. The number of amides is 1. The molecular formula is C28H33FN2O3. The zero-order chi connectivity index (χ0) is 24.1. The summed E-state index contributed by atoms with van der Waals surface area (Å²) in [4.78, 5) is 17.5. The van der Waals surface area contributed by atoms with Gasteiger partial charge in [0.1, 0.15) is 17.3 Å². The van der Waals surface area contributed by atoms with E-state index in [1.165, 1.54) is 11.6 Å². The van der Waals surface area contributed by atoms with Crippen LogP contribution in [0.3, 0.4) is 0 Å². The smallest absolute Gasteiger partial charge is 0.257 e. The monoisotopic (exact) mass is 464 g/mol. The molecule has 0 radical (unpaired) electrons. The van der Waals surface area contributed by atoms with Crippen LogP contribution in [0.5, 0.6) is 5.75 Å². The average Bonchev–Trinajstić information content (AvgIpc) is 3.29. The summed E-state index contributed by atoms with van der Waals surface area (Å²) in [5.74, 6) is 1.46. The van der Waals surface area contributed by atoms with E-state index in [1.807, 2.05) is 31.3 Å². The molecule has 0 N–H and O–H groups in total. The van der Waals surface area contributed by atoms with Crippen molar-refractivity contribution in [2.45, 2.75) is 38.8 Å². The number of piperidine rings is 1. The molecule has 0 spiro atoms. The first-order chi connectivity index (χ1) is 16.5. The highest BCUT2D eigenvalue weighted by Gasteiger charge is 2.33. The Morgan fingerprint density at radius 1 is 1.18 bits per heavy atom. The number of furan rings is 1. The van der Waals surface area contributed by atoms with Gasteiger partial charge >= 0.3 is 0 Å². The summed E-state index contributed by atoms with van der Waals surface area (Å²) >= 11 is 0. The third-order valence-corrected chi connectivity index (χ3v) is 7.01. The Kier molecular flexibility index (Phi) is 7.68. The highest BCUT2D eigenvalue weighted by Crippen LogP contribution is 2.29. The highest BCUT2D eigenvalue weighted by molar-refractivity contribution is 5.95. The number of methoxy groups -OCH3 is 1. The molecule has 5 nitrogen and oxygen atoms in total. The van der Waals surface area contributed by atoms with Crippen LogP contribution in [0.2, 0.25) is 0 Å². The molecule has 1 aliphatic heterocycles. The van der Waals surface area contributed by atoms with Gasteiger partial charge in [0.05, 0.1) is 18.9 Å². The maximum absolute atomic E-state index is 14.5. The van der Waals surface area contributed by atoms with Crippen molar-refractivity contribution in [3.8, 4) is 5.75 Å². The molecule has 2 aromatic carbocycles. The molecule has 34 heavy (non-hydrogen) atoms. The first kappa shape index (κ1) is 24.0. The molecule has 6 heteroatoms. The van der Waals surface area contributed by atoms with Crippen LogP contribution in [0, 0.1) is 18.7 Å². The van der Waals surface area contributed by atoms with Crippen LogP contribution < -0.4 is 4.74 Å². The van der Waals surface area contributed by atoms with E-state index < -0.39 is 0 Å². The van der Waals surface area contributed by atoms with Crippen molar-refractivity contribution in [2.75, 3.05) is 27.2 Å². The first-order valence-electron chi connectivity index (χ1n) is 11.9. The number of nitrogens with zero attached hydrogens (tertiary/aromatic N) is 2. The Bertz CT molecular complexity index is 1100. The predicted molar refractivity (Wildman–Crippen MR) is 130 cm³/mol. The number of carbonyl (C=O) groups is 1. The van der Waals surface area contributed by atoms with Gasteiger partial charge in [0.15, 0.2) is 0 Å². The van der Waals surface area contributed by atoms with Gasteiger partial charge < -0.3 is 14.1 Å². The molecule has 0 saturated carbocycles. The second kappa shape index (κ2) is 10.9. The number of aryl methyl sites for hydroxylation is 1. The largest absolute Gasteiger partial charge is 0.497 e. The predicted octanol–water partition coefficient (Wildman–Crippen LogP) is 5.33. The Morgan fingerprint density at radius 3 is 2.62 bits per heavy atom. The number of rotatable bonds is 8. The second-order valence-electron chi connectivity index (χ2n) is 9.13. The van der Waals surface area contributed by atoms with E-state index in [0.29, 0.717) is 23.3 Å². The van der Waals surface area contributed by atoms with Crippen LogP contribution in [-0.2, 0) is 13.0 Å². The summed E-state index contributed by atoms with van der Waals surface area (Å²) in [6, 6.07) is 16.7. The third-order valence-electron chi connectivity index (χ3n) is 7.01. The van der Waals surface area contributed by atoms with E-state index in [1.54, 1.807) is 37.3 Å². The lowest BCUT2D eigenvalue weighted by atomic mass is 9.84. The van der Waals surface area contributed by atoms with Crippen molar-refractivity contribution in [3.63, 3.8) is 0 Å². The first-order valence-corrected chi connectivity index (χ1v) is 11.9. The van der Waals surface area contributed by atoms with Crippen molar-refractivity contribution < 1.29 is 18.3 Å². The summed E-state index contributed by atoms with van der Waals surface area (Å²) in [6.07, 6.45) is 3.93. The SMILES string of the molecule is COc1cccc(CN2CCC([C@H](Cc3ccccc3F)N(C)C(=O)c3ccoc3C)CC2)c1. The van der Waals surface area contributed by atoms with Crippen molar-refractivity contribution >= 4 is 5.91 Å². The standard InChI is InChI=1S/C28H33FN2O3/c1-20-25(13-16-34-20)28(32)30(2)27(18-23-8-4-5-10-26(23)29)22-11-14-31(15-12-22)19-21-7-6-9-24(17-21)33-3/h4-10,13,16-17,22,27H,11-12,14-15,18-19H2,1-3H3/t27-/m0/s1. The molecule has 1 saturated heterocycles. The maximum Gasteiger partial charge on any atom is 0.257 e. The van der Waals surface area contributed by atoms with Crippen LogP contribution in [0.4, 0.5) is 4.39 Å². The minimum atomic E-state index is -0.219. The van der Waals surface area contributed by atoms with Crippen molar-refractivity contribution in [2.24, 2.45) is 5.92 Å². The molecule has 1 aromatic heterocycles. The third kappa shape index (κ3) is 5.50. The molecule has 4 rings (SSSR count). The van der Waals surface area contributed by atoms with Gasteiger partial charge in [-0.3, -0.25) is 9.69 Å². The molecule has 180 valence electrons. The van der Waals surface area contributed by atoms with E-state index in [2.05, 4.69) is 17.0 Å². The van der Waals surface area contributed by atoms with Crippen molar-refractivity contribution in [3.05, 3.63) is 89.1 Å². The minimum Gasteiger partial charge on any atom is -0.497 e. The summed E-state index contributed by atoms with van der Waals surface area (Å²) in [5.41, 5.74) is 2.44. The molecule has 0 bridgehead atoms. The van der Waals surface area contributed by atoms with E-state index in [9.17, 15) is 9.18 Å². The Hall–Kier alpha value is -3.12. The number of carbonyl (C=O) groups excluding carboxylic acids is 1. The zero-order valence-corrected chi connectivity index (χ0v) is 20.2. The van der Waals surface area contributed by atoms with E-state index >= 15 is 0 Å². The Balaban J connectivity index is 1.48. The average molecular weight is 465 g/mol. The highest BCUT2D eigenvalue weighted by atomic mass is 19.1. The number of halogens is 1. The lowest BCUT2D eigenvalue weighted by molar-refractivity contribution is 0.0581. The fourth-order valence-corrected chi connectivity index (χ4v) is 4.98. The fraction of sp³-hybridized carbons (Fsp3) is 0.393. The van der Waals surface area contributed by atoms with Crippen LogP contribution in [0.1, 0.15) is 40.1 Å². The lowest BCUT2D eigenvalue weighted by Crippen LogP contribution is -2.47. The molecule has 1 aliphatic rings. The minimum absolute atomic E-state index is 0.0774. The van der Waals surface area contributed by atoms with Crippen molar-refractivity contribution in [1.29, 1.82) is 0 Å². The molecule has 1 fully saturated rings. The Morgan fingerprint density at radius 2 is 1.94 bits per heavy atom. The number of hydrogen-bond acceptors (Lipinski definition) is 4. The lowest BCUT2D eigenvalue weighted by Gasteiger charge is -2.40. The van der Waals surface area contributed by atoms with Gasteiger partial charge in [-0.1, -0.05) is 30.3 Å². The zero-order valence-electron chi connectivity index (χ0n) is 20.2. The quantitative estimate of drug-likeness (QED) is 0.452. The number of hydrogen-bond donors (Lipinski definition) is 0. The van der Waals surface area contributed by atoms with Gasteiger partial charge in [-0.15, -0.1) is 0 Å². The normalized spacial score (nSPS) is 15.8. The molecule has 0 unspecified atom stereocenters. The summed E-state index contributed by atoms with van der Waals surface area (Å²) < 4.78 is 25.3. The van der Waals surface area contributed by atoms with Crippen LogP contribution in [0.25, 0.3) is 0 Å². The molecule has 3 aromatic rings. The van der Waals surface area contributed by atoms with E-state index in [4.69, 9.17) is 9.15 Å². The number of likely N-dealkylation sites (N-methyl/N-ethyl adjacent to an activating group) is 1. The van der Waals surface area contributed by atoms with Gasteiger partial charge in [-0.05, 0) is 80.6 Å². The van der Waals surface area contributed by atoms with Crippen LogP contribution in [0.15, 0.2) is 65.3 Å². The van der Waals surface area contributed by atoms with Gasteiger partial charge in [0.2, 0.25) is 0 Å². The van der Waals surface area contributed by atoms with Gasteiger partial charge in [-0.25, -0.2) is 4.39 Å². The summed E-state index contributed by atoms with van der Waals surface area (Å²) in [5, 5.41) is 0. The van der Waals surface area contributed by atoms with E-state index in [0.717, 1.165) is 38.2 Å². The fourth-order valence-electron chi connectivity index (χ4n) is 4.98. The van der Waals surface area contributed by atoms with E-state index in [-0.39, 0.29) is 23.7 Å². The molecular weight excluding hydrogens is 431 g/mol. The topological polar surface area (TPSA) is 45.9 Å². The van der Waals surface area contributed by atoms with Crippen molar-refractivity contribution in [1.82, 2.24) is 9.80 Å². The summed E-state index contributed by atoms with van der Waals surface area (Å²) in [6.45, 7) is 4.53. The number of ether oxygens (including phenoxy) is 1. The van der Waals surface area contributed by atoms with Crippen LogP contribution >= 0.6 is 0 Å². The molecule has 1 atom stereocenters. The Labute approximate surface area is 201 Å². The van der Waals surface area contributed by atoms with Crippen LogP contribution in [-0.4, -0.2) is 49.0 Å². The molecule has 0 aliphatic carbocycles. The van der Waals surface area contributed by atoms with Gasteiger partial charge in [-0.2, -0.15) is 0 Å². The number of benzene rings is 2. The summed E-state index contributed by atoms with van der Waals surface area (Å²) in [7, 11) is 3.52.